The van der Waals surface area contributed by atoms with Gasteiger partial charge in [-0.3, -0.25) is 4.99 Å². The average molecular weight is 357 g/mol. The Bertz CT molecular complexity index is 577. The molecule has 1 aromatic carbocycles. The van der Waals surface area contributed by atoms with Gasteiger partial charge in [0.25, 0.3) is 0 Å². The molecule has 3 rings (SSSR count). The van der Waals surface area contributed by atoms with Crippen molar-refractivity contribution >= 4 is 5.96 Å². The highest BCUT2D eigenvalue weighted by atomic mass is 15.2. The Labute approximate surface area is 159 Å². The van der Waals surface area contributed by atoms with Gasteiger partial charge in [-0.05, 0) is 57.6 Å². The summed E-state index contributed by atoms with van der Waals surface area (Å²) in [6.45, 7) is 9.05. The van der Waals surface area contributed by atoms with Crippen molar-refractivity contribution < 1.29 is 0 Å². The normalized spacial score (nSPS) is 23.5. The van der Waals surface area contributed by atoms with E-state index in [0.29, 0.717) is 6.04 Å². The number of nitrogens with one attached hydrogen (secondary N) is 2. The molecule has 0 spiro atoms. The van der Waals surface area contributed by atoms with E-state index in [1.807, 2.05) is 7.05 Å². The first kappa shape index (κ1) is 19.2. The maximum atomic E-state index is 4.46. The molecule has 144 valence electrons. The number of hydrogen-bond donors (Lipinski definition) is 2. The number of piperidine rings is 1. The number of nitrogens with zero attached hydrogens (tertiary/aromatic N) is 2. The molecule has 4 heteroatoms. The van der Waals surface area contributed by atoms with E-state index in [1.54, 1.807) is 0 Å². The molecule has 1 aliphatic carbocycles. The molecule has 2 aliphatic rings. The molecule has 0 aromatic heterocycles. The van der Waals surface area contributed by atoms with Crippen LogP contribution in [0.4, 0.5) is 0 Å². The van der Waals surface area contributed by atoms with E-state index < -0.39 is 0 Å². The minimum atomic E-state index is 0.290. The Morgan fingerprint density at radius 1 is 1.19 bits per heavy atom. The fraction of sp³-hybridized carbons (Fsp3) is 0.682. The Balaban J connectivity index is 1.49. The predicted molar refractivity (Wildman–Crippen MR) is 111 cm³/mol. The number of likely N-dealkylation sites (tertiary alicyclic amines) is 1. The second-order valence-corrected chi connectivity index (χ2v) is 8.40. The second kappa shape index (κ2) is 8.90. The number of guanidine groups is 1. The minimum absolute atomic E-state index is 0.290. The topological polar surface area (TPSA) is 39.7 Å². The molecule has 4 nitrogen and oxygen atoms in total. The first-order valence-electron chi connectivity index (χ1n) is 10.4. The zero-order valence-corrected chi connectivity index (χ0v) is 16.8. The van der Waals surface area contributed by atoms with Crippen LogP contribution in [0.3, 0.4) is 0 Å². The van der Waals surface area contributed by atoms with Crippen LogP contribution < -0.4 is 10.6 Å². The number of benzene rings is 1. The number of rotatable bonds is 6. The molecule has 1 heterocycles. The fourth-order valence-corrected chi connectivity index (χ4v) is 4.41. The third-order valence-corrected chi connectivity index (χ3v) is 6.35. The molecule has 1 saturated heterocycles. The van der Waals surface area contributed by atoms with E-state index >= 15 is 0 Å². The maximum absolute atomic E-state index is 4.46. The molecule has 1 unspecified atom stereocenters. The standard InChI is InChI=1S/C22H36N4/c1-18(2)26-14-7-9-19(16-26)15-24-21(23-3)25-17-22(12-8-13-22)20-10-5-4-6-11-20/h4-6,10-11,18-19H,7-9,12-17H2,1-3H3,(H2,23,24,25). The lowest BCUT2D eigenvalue weighted by molar-refractivity contribution is 0.141. The molecule has 2 fully saturated rings. The summed E-state index contributed by atoms with van der Waals surface area (Å²) < 4.78 is 0. The quantitative estimate of drug-likeness (QED) is 0.606. The minimum Gasteiger partial charge on any atom is -0.356 e. The van der Waals surface area contributed by atoms with Crippen molar-refractivity contribution in [1.82, 2.24) is 15.5 Å². The highest BCUT2D eigenvalue weighted by Crippen LogP contribution is 2.43. The zero-order valence-electron chi connectivity index (χ0n) is 16.8. The van der Waals surface area contributed by atoms with E-state index in [0.717, 1.165) is 25.0 Å². The van der Waals surface area contributed by atoms with Gasteiger partial charge < -0.3 is 15.5 Å². The Morgan fingerprint density at radius 3 is 2.58 bits per heavy atom. The summed E-state index contributed by atoms with van der Waals surface area (Å²) in [5.74, 6) is 1.67. The summed E-state index contributed by atoms with van der Waals surface area (Å²) in [4.78, 5) is 7.06. The lowest BCUT2D eigenvalue weighted by atomic mass is 9.64. The van der Waals surface area contributed by atoms with Crippen LogP contribution in [0.2, 0.25) is 0 Å². The Morgan fingerprint density at radius 2 is 1.96 bits per heavy atom. The van der Waals surface area contributed by atoms with Crippen LogP contribution in [-0.4, -0.2) is 50.1 Å². The Kier molecular flexibility index (Phi) is 6.58. The van der Waals surface area contributed by atoms with Gasteiger partial charge >= 0.3 is 0 Å². The second-order valence-electron chi connectivity index (χ2n) is 8.40. The van der Waals surface area contributed by atoms with Gasteiger partial charge in [0.05, 0.1) is 0 Å². The SMILES string of the molecule is CN=C(NCC1CCCN(C(C)C)C1)NCC1(c2ccccc2)CCC1. The zero-order chi connectivity index (χ0) is 18.4. The van der Waals surface area contributed by atoms with Gasteiger partial charge in [-0.15, -0.1) is 0 Å². The summed E-state index contributed by atoms with van der Waals surface area (Å²) in [6, 6.07) is 11.6. The van der Waals surface area contributed by atoms with Crippen molar-refractivity contribution in [2.24, 2.45) is 10.9 Å². The van der Waals surface area contributed by atoms with Crippen molar-refractivity contribution in [3.8, 4) is 0 Å². The predicted octanol–water partition coefficient (Wildman–Crippen LogP) is 3.39. The maximum Gasteiger partial charge on any atom is 0.191 e. The molecule has 0 amide bonds. The van der Waals surface area contributed by atoms with Gasteiger partial charge in [0.2, 0.25) is 0 Å². The van der Waals surface area contributed by atoms with Crippen molar-refractivity contribution in [2.75, 3.05) is 33.2 Å². The molecule has 1 saturated carbocycles. The molecule has 0 radical (unpaired) electrons. The summed E-state index contributed by atoms with van der Waals surface area (Å²) >= 11 is 0. The molecule has 2 N–H and O–H groups in total. The third-order valence-electron chi connectivity index (χ3n) is 6.35. The smallest absolute Gasteiger partial charge is 0.191 e. The average Bonchev–Trinajstić information content (AvgIpc) is 2.64. The lowest BCUT2D eigenvalue weighted by Crippen LogP contribution is -2.50. The first-order chi connectivity index (χ1) is 12.6. The van der Waals surface area contributed by atoms with E-state index in [4.69, 9.17) is 0 Å². The molecular weight excluding hydrogens is 320 g/mol. The van der Waals surface area contributed by atoms with Gasteiger partial charge in [-0.25, -0.2) is 0 Å². The van der Waals surface area contributed by atoms with Gasteiger partial charge in [-0.2, -0.15) is 0 Å². The van der Waals surface area contributed by atoms with Crippen LogP contribution in [0.25, 0.3) is 0 Å². The summed E-state index contributed by atoms with van der Waals surface area (Å²) in [7, 11) is 1.88. The van der Waals surface area contributed by atoms with E-state index in [-0.39, 0.29) is 5.41 Å². The van der Waals surface area contributed by atoms with Crippen molar-refractivity contribution in [1.29, 1.82) is 0 Å². The lowest BCUT2D eigenvalue weighted by Gasteiger charge is -2.43. The summed E-state index contributed by atoms with van der Waals surface area (Å²) in [6.07, 6.45) is 6.50. The molecular formula is C22H36N4. The third kappa shape index (κ3) is 4.59. The highest BCUT2D eigenvalue weighted by Gasteiger charge is 2.38. The molecule has 26 heavy (non-hydrogen) atoms. The van der Waals surface area contributed by atoms with E-state index in [2.05, 4.69) is 64.7 Å². The van der Waals surface area contributed by atoms with E-state index in [9.17, 15) is 0 Å². The van der Waals surface area contributed by atoms with Gasteiger partial charge in [-0.1, -0.05) is 36.8 Å². The van der Waals surface area contributed by atoms with Crippen LogP contribution in [-0.2, 0) is 5.41 Å². The first-order valence-corrected chi connectivity index (χ1v) is 10.4. The summed E-state index contributed by atoms with van der Waals surface area (Å²) in [5.41, 5.74) is 1.76. The van der Waals surface area contributed by atoms with Crippen LogP contribution in [0.1, 0.15) is 51.5 Å². The summed E-state index contributed by atoms with van der Waals surface area (Å²) in [5, 5.41) is 7.19. The van der Waals surface area contributed by atoms with Crippen LogP contribution in [0.15, 0.2) is 35.3 Å². The largest absolute Gasteiger partial charge is 0.356 e. The molecule has 0 bridgehead atoms. The fourth-order valence-electron chi connectivity index (χ4n) is 4.41. The van der Waals surface area contributed by atoms with Crippen molar-refractivity contribution in [3.05, 3.63) is 35.9 Å². The van der Waals surface area contributed by atoms with Crippen molar-refractivity contribution in [3.63, 3.8) is 0 Å². The Hall–Kier alpha value is -1.55. The van der Waals surface area contributed by atoms with Crippen molar-refractivity contribution in [2.45, 2.75) is 57.4 Å². The van der Waals surface area contributed by atoms with Gasteiger partial charge in [0.1, 0.15) is 0 Å². The number of aliphatic imine (C=N–C) groups is 1. The highest BCUT2D eigenvalue weighted by molar-refractivity contribution is 5.79. The van der Waals surface area contributed by atoms with Gasteiger partial charge in [0, 0.05) is 38.1 Å². The number of hydrogen-bond acceptors (Lipinski definition) is 2. The molecule has 1 atom stereocenters. The monoisotopic (exact) mass is 356 g/mol. The molecule has 1 aromatic rings. The van der Waals surface area contributed by atoms with Crippen LogP contribution in [0.5, 0.6) is 0 Å². The molecule has 1 aliphatic heterocycles. The van der Waals surface area contributed by atoms with Crippen LogP contribution in [0, 0.1) is 5.92 Å². The van der Waals surface area contributed by atoms with Crippen LogP contribution >= 0.6 is 0 Å². The van der Waals surface area contributed by atoms with Gasteiger partial charge in [0.15, 0.2) is 5.96 Å². The van der Waals surface area contributed by atoms with E-state index in [1.165, 1.54) is 50.8 Å².